The number of halogens is 2. The third-order valence-electron chi connectivity index (χ3n) is 4.24. The van der Waals surface area contributed by atoms with Crippen LogP contribution < -0.4 is 0 Å². The summed E-state index contributed by atoms with van der Waals surface area (Å²) in [7, 11) is 0. The van der Waals surface area contributed by atoms with Crippen LogP contribution >= 0.6 is 0 Å². The van der Waals surface area contributed by atoms with Crippen LogP contribution in [0.5, 0.6) is 0 Å². The molecule has 2 aromatic rings. The predicted molar refractivity (Wildman–Crippen MR) is 82.2 cm³/mol. The molecule has 1 aromatic heterocycles. The molecule has 0 saturated carbocycles. The normalized spacial score (nSPS) is 18.3. The van der Waals surface area contributed by atoms with Crippen molar-refractivity contribution in [2.24, 2.45) is 0 Å². The summed E-state index contributed by atoms with van der Waals surface area (Å²) in [6.45, 7) is 5.08. The molecule has 3 rings (SSSR count). The highest BCUT2D eigenvalue weighted by atomic mass is 19.2. The van der Waals surface area contributed by atoms with Gasteiger partial charge in [0.1, 0.15) is 0 Å². The Hall–Kier alpha value is -2.24. The van der Waals surface area contributed by atoms with Gasteiger partial charge < -0.3 is 4.90 Å². The quantitative estimate of drug-likeness (QED) is 0.852. The molecule has 1 aromatic carbocycles. The molecule has 1 fully saturated rings. The van der Waals surface area contributed by atoms with Crippen molar-refractivity contribution in [3.05, 3.63) is 52.9 Å². The number of aromatic nitrogens is 2. The van der Waals surface area contributed by atoms with Crippen molar-refractivity contribution >= 4 is 5.91 Å². The van der Waals surface area contributed by atoms with Gasteiger partial charge in [0.15, 0.2) is 11.6 Å². The number of amides is 1. The van der Waals surface area contributed by atoms with Gasteiger partial charge >= 0.3 is 0 Å². The maximum absolute atomic E-state index is 13.3. The van der Waals surface area contributed by atoms with Crippen molar-refractivity contribution in [3.8, 4) is 0 Å². The van der Waals surface area contributed by atoms with E-state index in [1.807, 2.05) is 24.6 Å². The third kappa shape index (κ3) is 3.11. The Morgan fingerprint density at radius 1 is 1.22 bits per heavy atom. The van der Waals surface area contributed by atoms with E-state index in [0.717, 1.165) is 36.4 Å². The summed E-state index contributed by atoms with van der Waals surface area (Å²) < 4.78 is 28.3. The molecule has 1 saturated heterocycles. The fourth-order valence-electron chi connectivity index (χ4n) is 3.17. The molecule has 1 aliphatic heterocycles. The van der Waals surface area contributed by atoms with Crippen LogP contribution in [0.25, 0.3) is 0 Å². The van der Waals surface area contributed by atoms with E-state index in [-0.39, 0.29) is 17.5 Å². The molecule has 0 aliphatic carbocycles. The molecule has 6 heteroatoms. The van der Waals surface area contributed by atoms with Crippen LogP contribution in [0.4, 0.5) is 8.78 Å². The molecule has 1 amide bonds. The van der Waals surface area contributed by atoms with Gasteiger partial charge in [-0.25, -0.2) is 8.78 Å². The average molecular weight is 319 g/mol. The fourth-order valence-corrected chi connectivity index (χ4v) is 3.17. The lowest BCUT2D eigenvalue weighted by Gasteiger charge is -2.33. The largest absolute Gasteiger partial charge is 0.337 e. The first-order chi connectivity index (χ1) is 11.0. The summed E-state index contributed by atoms with van der Waals surface area (Å²) in [4.78, 5) is 14.2. The number of hydrogen-bond donors (Lipinski definition) is 0. The number of benzene rings is 1. The number of carbonyl (C=O) groups excluding carboxylic acids is 1. The monoisotopic (exact) mass is 319 g/mol. The summed E-state index contributed by atoms with van der Waals surface area (Å²) in [6.07, 6.45) is 1.81. The highest BCUT2D eigenvalue weighted by Gasteiger charge is 2.27. The molecular formula is C17H19F2N3O. The minimum absolute atomic E-state index is 0.117. The second-order valence-corrected chi connectivity index (χ2v) is 6.05. The van der Waals surface area contributed by atoms with Crippen molar-refractivity contribution < 1.29 is 13.6 Å². The molecule has 1 atom stereocenters. The van der Waals surface area contributed by atoms with E-state index in [1.54, 1.807) is 4.90 Å². The summed E-state index contributed by atoms with van der Waals surface area (Å²) >= 11 is 0. The van der Waals surface area contributed by atoms with Crippen LogP contribution in [0.15, 0.2) is 24.3 Å². The first kappa shape index (κ1) is 15.6. The zero-order valence-electron chi connectivity index (χ0n) is 13.2. The molecule has 1 aliphatic rings. The van der Waals surface area contributed by atoms with Gasteiger partial charge in [0.05, 0.1) is 11.7 Å². The van der Waals surface area contributed by atoms with Gasteiger partial charge in [-0.1, -0.05) is 0 Å². The molecule has 2 heterocycles. The Morgan fingerprint density at radius 2 is 2.00 bits per heavy atom. The lowest BCUT2D eigenvalue weighted by Crippen LogP contribution is -2.41. The highest BCUT2D eigenvalue weighted by Crippen LogP contribution is 2.24. The van der Waals surface area contributed by atoms with Gasteiger partial charge in [-0.15, -0.1) is 0 Å². The number of piperidine rings is 1. The number of aryl methyl sites for hydroxylation is 2. The molecule has 0 bridgehead atoms. The number of rotatable bonds is 2. The van der Waals surface area contributed by atoms with E-state index in [0.29, 0.717) is 13.1 Å². The predicted octanol–water partition coefficient (Wildman–Crippen LogP) is 3.26. The number of nitrogens with zero attached hydrogens (tertiary/aromatic N) is 3. The van der Waals surface area contributed by atoms with Crippen LogP contribution in [-0.4, -0.2) is 33.7 Å². The summed E-state index contributed by atoms with van der Waals surface area (Å²) in [5, 5.41) is 4.50. The van der Waals surface area contributed by atoms with Gasteiger partial charge in [-0.3, -0.25) is 9.48 Å². The van der Waals surface area contributed by atoms with Gasteiger partial charge in [0, 0.05) is 24.3 Å². The van der Waals surface area contributed by atoms with Crippen LogP contribution in [0.3, 0.4) is 0 Å². The van der Waals surface area contributed by atoms with Gasteiger partial charge in [0.25, 0.3) is 5.91 Å². The van der Waals surface area contributed by atoms with Crippen molar-refractivity contribution in [3.63, 3.8) is 0 Å². The standard InChI is InChI=1S/C17H19F2N3O/c1-11-8-12(2)22(20-11)14-4-3-7-21(10-14)17(23)13-5-6-15(18)16(19)9-13/h5-6,8-9,14H,3-4,7,10H2,1-2H3. The first-order valence-corrected chi connectivity index (χ1v) is 7.73. The van der Waals surface area contributed by atoms with Crippen molar-refractivity contribution in [1.82, 2.24) is 14.7 Å². The van der Waals surface area contributed by atoms with Gasteiger partial charge in [-0.05, 0) is 51.0 Å². The summed E-state index contributed by atoms with van der Waals surface area (Å²) in [5.74, 6) is -2.21. The Bertz CT molecular complexity index is 741. The molecular weight excluding hydrogens is 300 g/mol. The van der Waals surface area contributed by atoms with E-state index in [2.05, 4.69) is 5.10 Å². The zero-order valence-corrected chi connectivity index (χ0v) is 13.2. The second-order valence-electron chi connectivity index (χ2n) is 6.05. The lowest BCUT2D eigenvalue weighted by atomic mass is 10.0. The third-order valence-corrected chi connectivity index (χ3v) is 4.24. The number of carbonyl (C=O) groups is 1. The van der Waals surface area contributed by atoms with E-state index in [9.17, 15) is 13.6 Å². The van der Waals surface area contributed by atoms with E-state index < -0.39 is 11.6 Å². The molecule has 0 radical (unpaired) electrons. The highest BCUT2D eigenvalue weighted by molar-refractivity contribution is 5.94. The Balaban J connectivity index is 1.79. The summed E-state index contributed by atoms with van der Waals surface area (Å²) in [5.41, 5.74) is 2.19. The van der Waals surface area contributed by atoms with Crippen molar-refractivity contribution in [1.29, 1.82) is 0 Å². The van der Waals surface area contributed by atoms with Crippen LogP contribution in [-0.2, 0) is 0 Å². The summed E-state index contributed by atoms with van der Waals surface area (Å²) in [6, 6.07) is 5.41. The average Bonchev–Trinajstić information content (AvgIpc) is 2.88. The number of likely N-dealkylation sites (tertiary alicyclic amines) is 1. The molecule has 23 heavy (non-hydrogen) atoms. The molecule has 122 valence electrons. The van der Waals surface area contributed by atoms with Crippen LogP contribution in [0.1, 0.15) is 40.6 Å². The fraction of sp³-hybridized carbons (Fsp3) is 0.412. The van der Waals surface area contributed by atoms with Gasteiger partial charge in [0.2, 0.25) is 0 Å². The van der Waals surface area contributed by atoms with Crippen LogP contribution in [0.2, 0.25) is 0 Å². The van der Waals surface area contributed by atoms with Crippen molar-refractivity contribution in [2.75, 3.05) is 13.1 Å². The van der Waals surface area contributed by atoms with E-state index in [4.69, 9.17) is 0 Å². The number of hydrogen-bond acceptors (Lipinski definition) is 2. The van der Waals surface area contributed by atoms with Gasteiger partial charge in [-0.2, -0.15) is 5.10 Å². The Kier molecular flexibility index (Phi) is 4.15. The molecule has 0 spiro atoms. The SMILES string of the molecule is Cc1cc(C)n(C2CCCN(C(=O)c3ccc(F)c(F)c3)C2)n1. The smallest absolute Gasteiger partial charge is 0.254 e. The minimum Gasteiger partial charge on any atom is -0.337 e. The van der Waals surface area contributed by atoms with E-state index in [1.165, 1.54) is 6.07 Å². The molecule has 1 unspecified atom stereocenters. The Labute approximate surface area is 133 Å². The lowest BCUT2D eigenvalue weighted by molar-refractivity contribution is 0.0671. The topological polar surface area (TPSA) is 38.1 Å². The van der Waals surface area contributed by atoms with Crippen molar-refractivity contribution in [2.45, 2.75) is 32.7 Å². The maximum atomic E-state index is 13.3. The zero-order chi connectivity index (χ0) is 16.6. The molecule has 0 N–H and O–H groups in total. The second kappa shape index (κ2) is 6.10. The van der Waals surface area contributed by atoms with Crippen LogP contribution in [0, 0.1) is 25.5 Å². The first-order valence-electron chi connectivity index (χ1n) is 7.73. The minimum atomic E-state index is -0.997. The maximum Gasteiger partial charge on any atom is 0.254 e. The molecule has 4 nitrogen and oxygen atoms in total. The Morgan fingerprint density at radius 3 is 2.65 bits per heavy atom. The van der Waals surface area contributed by atoms with E-state index >= 15 is 0 Å².